The molecule has 0 atom stereocenters. The van der Waals surface area contributed by atoms with Gasteiger partial charge in [-0.05, 0) is 11.6 Å². The van der Waals surface area contributed by atoms with Crippen molar-refractivity contribution in [2.24, 2.45) is 0 Å². The van der Waals surface area contributed by atoms with Gasteiger partial charge in [0, 0.05) is 6.20 Å². The van der Waals surface area contributed by atoms with Crippen molar-refractivity contribution in [1.82, 2.24) is 4.98 Å². The molecule has 0 radical (unpaired) electrons. The van der Waals surface area contributed by atoms with E-state index < -0.39 is 7.60 Å². The summed E-state index contributed by atoms with van der Waals surface area (Å²) in [5.41, 5.74) is 0.944. The van der Waals surface area contributed by atoms with Gasteiger partial charge >= 0.3 is 7.60 Å². The molecule has 13 heavy (non-hydrogen) atoms. The molecule has 0 aliphatic heterocycles. The van der Waals surface area contributed by atoms with E-state index in [9.17, 15) is 4.57 Å². The maximum atomic E-state index is 10.6. The van der Waals surface area contributed by atoms with Crippen molar-refractivity contribution < 1.29 is 19.5 Å². The molecule has 1 rings (SSSR count). The van der Waals surface area contributed by atoms with E-state index in [0.29, 0.717) is 11.3 Å². The van der Waals surface area contributed by atoms with Crippen LogP contribution in [0.4, 0.5) is 0 Å². The average molecular weight is 203 g/mol. The summed E-state index contributed by atoms with van der Waals surface area (Å²) in [5, 5.41) is 8.65. The zero-order valence-corrected chi connectivity index (χ0v) is 7.69. The van der Waals surface area contributed by atoms with E-state index in [0.717, 1.165) is 0 Å². The summed E-state index contributed by atoms with van der Waals surface area (Å²) in [6.45, 7) is -0.170. The number of aliphatic hydroxyl groups excluding tert-OH is 1. The van der Waals surface area contributed by atoms with Gasteiger partial charge in [-0.15, -0.1) is 0 Å². The van der Waals surface area contributed by atoms with E-state index in [1.807, 2.05) is 0 Å². The number of hydrogen-bond acceptors (Lipinski definition) is 3. The molecule has 6 heteroatoms. The van der Waals surface area contributed by atoms with Gasteiger partial charge in [-0.2, -0.15) is 0 Å². The molecule has 3 N–H and O–H groups in total. The molecular formula is C7H10NO4P. The summed E-state index contributed by atoms with van der Waals surface area (Å²) in [7, 11) is -4.01. The van der Waals surface area contributed by atoms with E-state index in [2.05, 4.69) is 4.98 Å². The van der Waals surface area contributed by atoms with Gasteiger partial charge in [-0.3, -0.25) is 9.55 Å². The van der Waals surface area contributed by atoms with Crippen molar-refractivity contribution in [2.75, 3.05) is 0 Å². The Hall–Kier alpha value is -0.740. The standard InChI is InChI=1S/C7H10NO4P/c9-4-7-2-1-6(3-8-7)5-13(10,11)12/h1-3,9H,4-5H2,(H2,10,11,12). The maximum absolute atomic E-state index is 10.6. The highest BCUT2D eigenvalue weighted by atomic mass is 31.2. The molecule has 0 aromatic carbocycles. The topological polar surface area (TPSA) is 90.7 Å². The van der Waals surface area contributed by atoms with Crippen LogP contribution >= 0.6 is 7.60 Å². The van der Waals surface area contributed by atoms with E-state index in [1.165, 1.54) is 18.3 Å². The van der Waals surface area contributed by atoms with Gasteiger partial charge in [0.05, 0.1) is 18.5 Å². The summed E-state index contributed by atoms with van der Waals surface area (Å²) in [4.78, 5) is 21.1. The highest BCUT2D eigenvalue weighted by Gasteiger charge is 2.13. The molecule has 5 nitrogen and oxygen atoms in total. The first-order valence-electron chi connectivity index (χ1n) is 3.60. The third kappa shape index (κ3) is 3.65. The fraction of sp³-hybridized carbons (Fsp3) is 0.286. The second-order valence-electron chi connectivity index (χ2n) is 2.64. The largest absolute Gasteiger partial charge is 0.390 e. The van der Waals surface area contributed by atoms with Crippen LogP contribution in [0.25, 0.3) is 0 Å². The van der Waals surface area contributed by atoms with Crippen molar-refractivity contribution in [3.05, 3.63) is 29.6 Å². The Morgan fingerprint density at radius 1 is 1.38 bits per heavy atom. The molecule has 0 fully saturated rings. The molecule has 0 amide bonds. The highest BCUT2D eigenvalue weighted by molar-refractivity contribution is 7.50. The third-order valence-electron chi connectivity index (χ3n) is 1.44. The van der Waals surface area contributed by atoms with Crippen molar-refractivity contribution in [2.45, 2.75) is 12.8 Å². The van der Waals surface area contributed by atoms with Crippen LogP contribution in [0.5, 0.6) is 0 Å². The number of nitrogens with zero attached hydrogens (tertiary/aromatic N) is 1. The van der Waals surface area contributed by atoms with Crippen molar-refractivity contribution in [3.8, 4) is 0 Å². The van der Waals surface area contributed by atoms with Gasteiger partial charge in [0.15, 0.2) is 0 Å². The molecular weight excluding hydrogens is 193 g/mol. The molecule has 1 aromatic heterocycles. The van der Waals surface area contributed by atoms with Crippen LogP contribution in [-0.2, 0) is 17.3 Å². The van der Waals surface area contributed by atoms with E-state index >= 15 is 0 Å². The second-order valence-corrected chi connectivity index (χ2v) is 4.28. The minimum absolute atomic E-state index is 0.170. The molecule has 72 valence electrons. The SMILES string of the molecule is O=P(O)(O)Cc1ccc(CO)nc1. The van der Waals surface area contributed by atoms with Crippen LogP contribution in [-0.4, -0.2) is 19.9 Å². The Bertz CT molecular complexity index is 318. The first kappa shape index (κ1) is 10.3. The van der Waals surface area contributed by atoms with Crippen molar-refractivity contribution in [3.63, 3.8) is 0 Å². The van der Waals surface area contributed by atoms with Crippen molar-refractivity contribution in [1.29, 1.82) is 0 Å². The summed E-state index contributed by atoms with van der Waals surface area (Å²) in [6, 6.07) is 3.07. The fourth-order valence-corrected chi connectivity index (χ4v) is 1.54. The molecule has 1 heterocycles. The Morgan fingerprint density at radius 3 is 2.46 bits per heavy atom. The lowest BCUT2D eigenvalue weighted by atomic mass is 10.3. The molecule has 0 saturated heterocycles. The van der Waals surface area contributed by atoms with Crippen LogP contribution in [0.1, 0.15) is 11.3 Å². The molecule has 1 aromatic rings. The van der Waals surface area contributed by atoms with Gasteiger partial charge in [0.2, 0.25) is 0 Å². The van der Waals surface area contributed by atoms with Gasteiger partial charge in [0.25, 0.3) is 0 Å². The number of aliphatic hydroxyl groups is 1. The average Bonchev–Trinajstić information content (AvgIpc) is 2.03. The van der Waals surface area contributed by atoms with Gasteiger partial charge in [0.1, 0.15) is 0 Å². The van der Waals surface area contributed by atoms with Crippen LogP contribution in [0, 0.1) is 0 Å². The minimum atomic E-state index is -4.01. The highest BCUT2D eigenvalue weighted by Crippen LogP contribution is 2.38. The lowest BCUT2D eigenvalue weighted by Gasteiger charge is -2.03. The Balaban J connectivity index is 2.76. The summed E-state index contributed by atoms with van der Waals surface area (Å²) < 4.78 is 10.6. The number of aromatic nitrogens is 1. The predicted molar refractivity (Wildman–Crippen MR) is 45.9 cm³/mol. The molecule has 0 unspecified atom stereocenters. The molecule has 0 aliphatic rings. The zero-order valence-electron chi connectivity index (χ0n) is 6.79. The molecule has 0 spiro atoms. The number of pyridine rings is 1. The van der Waals surface area contributed by atoms with Crippen LogP contribution < -0.4 is 0 Å². The monoisotopic (exact) mass is 203 g/mol. The van der Waals surface area contributed by atoms with Crippen LogP contribution in [0.3, 0.4) is 0 Å². The fourth-order valence-electron chi connectivity index (χ4n) is 0.880. The Morgan fingerprint density at radius 2 is 2.08 bits per heavy atom. The summed E-state index contributed by atoms with van der Waals surface area (Å²) in [6.07, 6.45) is 1.04. The number of hydrogen-bond donors (Lipinski definition) is 3. The maximum Gasteiger partial charge on any atom is 0.329 e. The first-order valence-corrected chi connectivity index (χ1v) is 5.40. The van der Waals surface area contributed by atoms with E-state index in [-0.39, 0.29) is 12.8 Å². The lowest BCUT2D eigenvalue weighted by Crippen LogP contribution is -1.92. The third-order valence-corrected chi connectivity index (χ3v) is 2.21. The normalized spacial score (nSPS) is 11.6. The first-order chi connectivity index (χ1) is 6.01. The molecule has 0 saturated carbocycles. The smallest absolute Gasteiger partial charge is 0.329 e. The molecule has 0 bridgehead atoms. The van der Waals surface area contributed by atoms with Crippen LogP contribution in [0.2, 0.25) is 0 Å². The predicted octanol–water partition coefficient (Wildman–Crippen LogP) is 0.252. The Labute approximate surface area is 75.2 Å². The zero-order chi connectivity index (χ0) is 9.90. The molecule has 0 aliphatic carbocycles. The van der Waals surface area contributed by atoms with Crippen LogP contribution in [0.15, 0.2) is 18.3 Å². The van der Waals surface area contributed by atoms with Gasteiger partial charge in [-0.25, -0.2) is 0 Å². The van der Waals surface area contributed by atoms with E-state index in [1.54, 1.807) is 0 Å². The lowest BCUT2D eigenvalue weighted by molar-refractivity contribution is 0.277. The number of rotatable bonds is 3. The Kier molecular flexibility index (Phi) is 3.17. The van der Waals surface area contributed by atoms with E-state index in [4.69, 9.17) is 14.9 Å². The minimum Gasteiger partial charge on any atom is -0.390 e. The van der Waals surface area contributed by atoms with Crippen molar-refractivity contribution >= 4 is 7.60 Å². The second kappa shape index (κ2) is 3.98. The summed E-state index contributed by atoms with van der Waals surface area (Å²) >= 11 is 0. The summed E-state index contributed by atoms with van der Waals surface area (Å²) in [5.74, 6) is 0. The van der Waals surface area contributed by atoms with Gasteiger partial charge in [-0.1, -0.05) is 6.07 Å². The quantitative estimate of drug-likeness (QED) is 0.612. The van der Waals surface area contributed by atoms with Gasteiger partial charge < -0.3 is 14.9 Å².